The van der Waals surface area contributed by atoms with Crippen LogP contribution in [0.15, 0.2) is 48.7 Å². The number of likely N-dealkylation sites (tertiary alicyclic amines) is 1. The van der Waals surface area contributed by atoms with Crippen molar-refractivity contribution >= 4 is 23.0 Å². The molecule has 3 aromatic rings. The second-order valence-corrected chi connectivity index (χ2v) is 7.38. The molecule has 7 heteroatoms. The van der Waals surface area contributed by atoms with Crippen LogP contribution >= 0.6 is 0 Å². The molecule has 150 valence electrons. The summed E-state index contributed by atoms with van der Waals surface area (Å²) in [6.07, 6.45) is 3.84. The number of nitrogens with zero attached hydrogens (tertiary/aromatic N) is 3. The van der Waals surface area contributed by atoms with Gasteiger partial charge in [-0.25, -0.2) is 4.98 Å². The van der Waals surface area contributed by atoms with Crippen molar-refractivity contribution in [1.82, 2.24) is 14.3 Å². The maximum Gasteiger partial charge on any atom is 0.290 e. The molecule has 1 saturated heterocycles. The third-order valence-electron chi connectivity index (χ3n) is 4.83. The molecule has 0 unspecified atom stereocenters. The third kappa shape index (κ3) is 3.94. The molecule has 3 heterocycles. The van der Waals surface area contributed by atoms with Crippen LogP contribution in [-0.2, 0) is 0 Å². The molecular formula is C22H24N4O3. The van der Waals surface area contributed by atoms with Crippen LogP contribution in [0.2, 0.25) is 0 Å². The van der Waals surface area contributed by atoms with E-state index in [0.29, 0.717) is 11.2 Å². The standard InChI is InChI=1S/C22H24N4O3/c1-15(2)29-17-10-8-16(9-11-17)23-21(27)19-18-7-3-4-14-26(18)20(24-19)22(28)25-12-5-6-13-25/h3-4,7-11,14-15H,5-6,12-13H2,1-2H3,(H,23,27). The average molecular weight is 392 g/mol. The van der Waals surface area contributed by atoms with Gasteiger partial charge in [-0.1, -0.05) is 6.07 Å². The van der Waals surface area contributed by atoms with E-state index in [1.165, 1.54) is 0 Å². The van der Waals surface area contributed by atoms with Gasteiger partial charge in [0.05, 0.1) is 11.6 Å². The van der Waals surface area contributed by atoms with Crippen LogP contribution in [0, 0.1) is 0 Å². The maximum atomic E-state index is 12.9. The van der Waals surface area contributed by atoms with E-state index in [4.69, 9.17) is 4.74 Å². The van der Waals surface area contributed by atoms with E-state index >= 15 is 0 Å². The second-order valence-electron chi connectivity index (χ2n) is 7.38. The number of benzene rings is 1. The van der Waals surface area contributed by atoms with Crippen LogP contribution in [0.5, 0.6) is 5.75 Å². The second kappa shape index (κ2) is 7.95. The molecule has 1 N–H and O–H groups in total. The molecule has 0 bridgehead atoms. The zero-order valence-corrected chi connectivity index (χ0v) is 16.6. The van der Waals surface area contributed by atoms with Crippen molar-refractivity contribution in [3.05, 3.63) is 60.2 Å². The fraction of sp³-hybridized carbons (Fsp3) is 0.318. The Kier molecular flexibility index (Phi) is 5.20. The van der Waals surface area contributed by atoms with E-state index in [9.17, 15) is 9.59 Å². The molecule has 0 radical (unpaired) electrons. The largest absolute Gasteiger partial charge is 0.491 e. The van der Waals surface area contributed by atoms with Crippen LogP contribution < -0.4 is 10.1 Å². The van der Waals surface area contributed by atoms with E-state index in [-0.39, 0.29) is 29.4 Å². The van der Waals surface area contributed by atoms with Crippen molar-refractivity contribution in [3.63, 3.8) is 0 Å². The lowest BCUT2D eigenvalue weighted by atomic mass is 10.2. The normalized spacial score (nSPS) is 13.8. The molecule has 0 atom stereocenters. The number of hydrogen-bond acceptors (Lipinski definition) is 4. The van der Waals surface area contributed by atoms with Gasteiger partial charge in [-0.05, 0) is 63.1 Å². The SMILES string of the molecule is CC(C)Oc1ccc(NC(=O)c2nc(C(=O)N3CCCC3)n3ccccc23)cc1. The Labute approximate surface area is 169 Å². The van der Waals surface area contributed by atoms with Crippen molar-refractivity contribution in [1.29, 1.82) is 0 Å². The Hall–Kier alpha value is -3.35. The molecule has 7 nitrogen and oxygen atoms in total. The van der Waals surface area contributed by atoms with Crippen LogP contribution in [0.3, 0.4) is 0 Å². The van der Waals surface area contributed by atoms with Gasteiger partial charge in [0, 0.05) is 25.0 Å². The summed E-state index contributed by atoms with van der Waals surface area (Å²) in [5.41, 5.74) is 1.47. The predicted octanol–water partition coefficient (Wildman–Crippen LogP) is 3.61. The Bertz CT molecular complexity index is 1030. The van der Waals surface area contributed by atoms with E-state index in [0.717, 1.165) is 31.7 Å². The highest BCUT2D eigenvalue weighted by atomic mass is 16.5. The minimum atomic E-state index is -0.355. The first-order chi connectivity index (χ1) is 14.0. The van der Waals surface area contributed by atoms with Crippen LogP contribution in [0.4, 0.5) is 5.69 Å². The number of imidazole rings is 1. The lowest BCUT2D eigenvalue weighted by Crippen LogP contribution is -2.29. The van der Waals surface area contributed by atoms with Gasteiger partial charge in [0.2, 0.25) is 5.82 Å². The van der Waals surface area contributed by atoms with E-state index in [1.807, 2.05) is 38.1 Å². The third-order valence-corrected chi connectivity index (χ3v) is 4.83. The molecule has 1 aromatic carbocycles. The Morgan fingerprint density at radius 3 is 2.48 bits per heavy atom. The number of carbonyl (C=O) groups excluding carboxylic acids is 2. The number of amides is 2. The van der Waals surface area contributed by atoms with Crippen LogP contribution in [0.1, 0.15) is 47.8 Å². The molecule has 29 heavy (non-hydrogen) atoms. The Balaban J connectivity index is 1.60. The first-order valence-corrected chi connectivity index (χ1v) is 9.87. The van der Waals surface area contributed by atoms with E-state index in [2.05, 4.69) is 10.3 Å². The summed E-state index contributed by atoms with van der Waals surface area (Å²) < 4.78 is 7.31. The first-order valence-electron chi connectivity index (χ1n) is 9.87. The van der Waals surface area contributed by atoms with Gasteiger partial charge in [0.25, 0.3) is 11.8 Å². The summed E-state index contributed by atoms with van der Waals surface area (Å²) in [6.45, 7) is 5.38. The molecule has 1 fully saturated rings. The maximum absolute atomic E-state index is 12.9. The van der Waals surface area contributed by atoms with Gasteiger partial charge in [0.1, 0.15) is 5.75 Å². The number of ether oxygens (including phenoxy) is 1. The molecule has 1 aliphatic heterocycles. The van der Waals surface area contributed by atoms with Crippen molar-refractivity contribution in [3.8, 4) is 5.75 Å². The highest BCUT2D eigenvalue weighted by molar-refractivity contribution is 6.09. The first kappa shape index (κ1) is 19.0. The summed E-state index contributed by atoms with van der Waals surface area (Å²) in [4.78, 5) is 32.0. The molecule has 2 aromatic heterocycles. The fourth-order valence-electron chi connectivity index (χ4n) is 3.50. The molecule has 0 spiro atoms. The summed E-state index contributed by atoms with van der Waals surface area (Å²) in [6, 6.07) is 12.6. The molecule has 0 saturated carbocycles. The van der Waals surface area contributed by atoms with Crippen molar-refractivity contribution in [2.75, 3.05) is 18.4 Å². The van der Waals surface area contributed by atoms with Gasteiger partial charge in [-0.15, -0.1) is 0 Å². The zero-order valence-electron chi connectivity index (χ0n) is 16.6. The topological polar surface area (TPSA) is 75.9 Å². The van der Waals surface area contributed by atoms with Crippen molar-refractivity contribution in [2.24, 2.45) is 0 Å². The lowest BCUT2D eigenvalue weighted by molar-refractivity contribution is 0.0780. The zero-order chi connectivity index (χ0) is 20.4. The smallest absolute Gasteiger partial charge is 0.290 e. The number of fused-ring (bicyclic) bond motifs is 1. The molecule has 1 aliphatic rings. The predicted molar refractivity (Wildman–Crippen MR) is 110 cm³/mol. The fourth-order valence-corrected chi connectivity index (χ4v) is 3.50. The number of rotatable bonds is 5. The van der Waals surface area contributed by atoms with E-state index in [1.54, 1.807) is 33.7 Å². The van der Waals surface area contributed by atoms with Gasteiger partial charge < -0.3 is 15.0 Å². The molecule has 2 amide bonds. The van der Waals surface area contributed by atoms with Gasteiger partial charge in [-0.2, -0.15) is 0 Å². The number of carbonyl (C=O) groups is 2. The summed E-state index contributed by atoms with van der Waals surface area (Å²) >= 11 is 0. The van der Waals surface area contributed by atoms with Crippen LogP contribution in [-0.4, -0.2) is 45.3 Å². The molecule has 4 rings (SSSR count). The van der Waals surface area contributed by atoms with Gasteiger partial charge in [-0.3, -0.25) is 14.0 Å². The number of hydrogen-bond donors (Lipinski definition) is 1. The minimum Gasteiger partial charge on any atom is -0.491 e. The van der Waals surface area contributed by atoms with Crippen molar-refractivity contribution in [2.45, 2.75) is 32.8 Å². The highest BCUT2D eigenvalue weighted by Gasteiger charge is 2.26. The molecular weight excluding hydrogens is 368 g/mol. The Morgan fingerprint density at radius 1 is 1.07 bits per heavy atom. The highest BCUT2D eigenvalue weighted by Crippen LogP contribution is 2.20. The summed E-state index contributed by atoms with van der Waals surface area (Å²) in [7, 11) is 0. The van der Waals surface area contributed by atoms with Crippen molar-refractivity contribution < 1.29 is 14.3 Å². The monoisotopic (exact) mass is 392 g/mol. The number of nitrogens with one attached hydrogen (secondary N) is 1. The Morgan fingerprint density at radius 2 is 1.79 bits per heavy atom. The summed E-state index contributed by atoms with van der Waals surface area (Å²) in [5.74, 6) is 0.516. The minimum absolute atomic E-state index is 0.0823. The molecule has 0 aliphatic carbocycles. The van der Waals surface area contributed by atoms with Gasteiger partial charge >= 0.3 is 0 Å². The number of anilines is 1. The lowest BCUT2D eigenvalue weighted by Gasteiger charge is -2.13. The average Bonchev–Trinajstić information content (AvgIpc) is 3.37. The van der Waals surface area contributed by atoms with Crippen LogP contribution in [0.25, 0.3) is 5.52 Å². The number of pyridine rings is 1. The number of aromatic nitrogens is 2. The summed E-state index contributed by atoms with van der Waals surface area (Å²) in [5, 5.41) is 2.86. The quantitative estimate of drug-likeness (QED) is 0.720. The van der Waals surface area contributed by atoms with E-state index < -0.39 is 0 Å². The van der Waals surface area contributed by atoms with Gasteiger partial charge in [0.15, 0.2) is 5.69 Å².